The highest BCUT2D eigenvalue weighted by atomic mass is 19.3. The molecule has 3 aromatic rings. The Morgan fingerprint density at radius 3 is 2.35 bits per heavy atom. The maximum atomic E-state index is 13.5. The molecular weight excluding hydrogens is 316 g/mol. The summed E-state index contributed by atoms with van der Waals surface area (Å²) in [5.41, 5.74) is 1.10. The van der Waals surface area contributed by atoms with Crippen LogP contribution in [0.3, 0.4) is 0 Å². The van der Waals surface area contributed by atoms with Crippen LogP contribution in [-0.4, -0.2) is 26.4 Å². The van der Waals surface area contributed by atoms with Gasteiger partial charge in [-0.2, -0.15) is 27.2 Å². The molecule has 3 rings (SSSR count). The summed E-state index contributed by atoms with van der Waals surface area (Å²) >= 11 is 0. The lowest BCUT2D eigenvalue weighted by Crippen LogP contribution is -2.14. The largest absolute Gasteiger partial charge is 0.435 e. The monoisotopic (exact) mass is 326 g/mol. The predicted molar refractivity (Wildman–Crippen MR) is 72.4 cm³/mol. The number of hydrogen-bond donors (Lipinski definition) is 0. The van der Waals surface area contributed by atoms with Crippen LogP contribution in [0.5, 0.6) is 5.75 Å². The number of fused-ring (bicyclic) bond motifs is 1. The molecule has 0 amide bonds. The maximum absolute atomic E-state index is 13.5. The van der Waals surface area contributed by atoms with Crippen LogP contribution in [0.1, 0.15) is 12.7 Å². The molecule has 0 unspecified atom stereocenters. The van der Waals surface area contributed by atoms with Crippen molar-refractivity contribution in [2.24, 2.45) is 0 Å². The maximum Gasteiger partial charge on any atom is 0.387 e. The Hall–Kier alpha value is -2.71. The molecule has 0 aliphatic carbocycles. The highest BCUT2D eigenvalue weighted by molar-refractivity contribution is 5.61. The van der Waals surface area contributed by atoms with E-state index in [9.17, 15) is 17.6 Å². The van der Waals surface area contributed by atoms with Crippen molar-refractivity contribution in [2.75, 3.05) is 0 Å². The molecule has 5 nitrogen and oxygen atoms in total. The molecule has 2 aromatic heterocycles. The zero-order valence-corrected chi connectivity index (χ0v) is 11.8. The van der Waals surface area contributed by atoms with Crippen LogP contribution >= 0.6 is 0 Å². The van der Waals surface area contributed by atoms with Crippen LogP contribution in [0.25, 0.3) is 16.9 Å². The van der Waals surface area contributed by atoms with E-state index >= 15 is 0 Å². The van der Waals surface area contributed by atoms with Crippen LogP contribution in [0, 0.1) is 0 Å². The third-order valence-corrected chi connectivity index (χ3v) is 3.03. The van der Waals surface area contributed by atoms with Gasteiger partial charge in [-0.25, -0.2) is 0 Å². The Morgan fingerprint density at radius 1 is 1.04 bits per heavy atom. The lowest BCUT2D eigenvalue weighted by atomic mass is 10.1. The van der Waals surface area contributed by atoms with Gasteiger partial charge < -0.3 is 4.74 Å². The Bertz CT molecular complexity index is 827. The smallest absolute Gasteiger partial charge is 0.387 e. The molecule has 0 saturated carbocycles. The third-order valence-electron chi connectivity index (χ3n) is 3.03. The van der Waals surface area contributed by atoms with E-state index < -0.39 is 18.4 Å². The van der Waals surface area contributed by atoms with Gasteiger partial charge in [-0.05, 0) is 36.4 Å². The molecule has 0 aliphatic heterocycles. The first kappa shape index (κ1) is 15.2. The molecular formula is C14H10F4N4O. The second kappa shape index (κ2) is 5.49. The van der Waals surface area contributed by atoms with Crippen molar-refractivity contribution in [1.82, 2.24) is 19.8 Å². The number of benzene rings is 1. The highest BCUT2D eigenvalue weighted by Gasteiger charge is 2.31. The van der Waals surface area contributed by atoms with E-state index in [2.05, 4.69) is 20.0 Å². The summed E-state index contributed by atoms with van der Waals surface area (Å²) < 4.78 is 56.4. The van der Waals surface area contributed by atoms with E-state index in [1.165, 1.54) is 30.3 Å². The molecule has 120 valence electrons. The molecule has 0 aliphatic rings. The van der Waals surface area contributed by atoms with Gasteiger partial charge in [0.05, 0.1) is 5.69 Å². The number of ether oxygens (including phenoxy) is 1. The van der Waals surface area contributed by atoms with E-state index in [4.69, 9.17) is 0 Å². The summed E-state index contributed by atoms with van der Waals surface area (Å²) in [7, 11) is 0. The molecule has 0 radical (unpaired) electrons. The van der Waals surface area contributed by atoms with Crippen LogP contribution in [-0.2, 0) is 5.92 Å². The molecule has 0 atom stereocenters. The molecule has 0 saturated heterocycles. The van der Waals surface area contributed by atoms with Crippen molar-refractivity contribution in [3.8, 4) is 17.0 Å². The minimum Gasteiger partial charge on any atom is -0.435 e. The number of rotatable bonds is 4. The first-order chi connectivity index (χ1) is 10.8. The van der Waals surface area contributed by atoms with Crippen LogP contribution < -0.4 is 4.74 Å². The van der Waals surface area contributed by atoms with Crippen LogP contribution in [0.2, 0.25) is 0 Å². The summed E-state index contributed by atoms with van der Waals surface area (Å²) in [6.45, 7) is -2.21. The van der Waals surface area contributed by atoms with Gasteiger partial charge in [0.2, 0.25) is 5.82 Å². The second-order valence-corrected chi connectivity index (χ2v) is 4.80. The Morgan fingerprint density at radius 2 is 1.74 bits per heavy atom. The van der Waals surface area contributed by atoms with E-state index in [1.54, 1.807) is 6.07 Å². The normalized spacial score (nSPS) is 12.1. The molecule has 23 heavy (non-hydrogen) atoms. The number of halogens is 4. The van der Waals surface area contributed by atoms with Crippen LogP contribution in [0.15, 0.2) is 36.4 Å². The van der Waals surface area contributed by atoms with Crippen molar-refractivity contribution in [3.05, 3.63) is 42.2 Å². The van der Waals surface area contributed by atoms with E-state index in [0.717, 1.165) is 4.52 Å². The summed E-state index contributed by atoms with van der Waals surface area (Å²) in [6.07, 6.45) is 0. The predicted octanol–water partition coefficient (Wildman–Crippen LogP) is 3.50. The first-order valence-electron chi connectivity index (χ1n) is 6.50. The highest BCUT2D eigenvalue weighted by Crippen LogP contribution is 2.26. The first-order valence-corrected chi connectivity index (χ1v) is 6.50. The van der Waals surface area contributed by atoms with Crippen LogP contribution in [0.4, 0.5) is 17.6 Å². The average molecular weight is 326 g/mol. The van der Waals surface area contributed by atoms with Gasteiger partial charge in [0.1, 0.15) is 5.75 Å². The van der Waals surface area contributed by atoms with Gasteiger partial charge in [-0.1, -0.05) is 0 Å². The van der Waals surface area contributed by atoms with E-state index in [1.807, 2.05) is 0 Å². The fraction of sp³-hybridized carbons (Fsp3) is 0.214. The average Bonchev–Trinajstić information content (AvgIpc) is 2.90. The topological polar surface area (TPSA) is 52.3 Å². The van der Waals surface area contributed by atoms with Gasteiger partial charge in [-0.3, -0.25) is 0 Å². The van der Waals surface area contributed by atoms with Crippen molar-refractivity contribution in [1.29, 1.82) is 0 Å². The fourth-order valence-electron chi connectivity index (χ4n) is 2.02. The molecule has 0 N–H and O–H groups in total. The quantitative estimate of drug-likeness (QED) is 0.689. The Labute approximate surface area is 127 Å². The number of aromatic nitrogens is 4. The Kier molecular flexibility index (Phi) is 3.63. The lowest BCUT2D eigenvalue weighted by Gasteiger charge is -2.08. The standard InChI is InChI=1S/C14H10F4N4O/c1-14(17,18)12-20-19-11-7-6-10(21-22(11)12)8-2-4-9(5-3-8)23-13(15)16/h2-7,13H,1H3. The summed E-state index contributed by atoms with van der Waals surface area (Å²) in [4.78, 5) is 0. The fourth-order valence-corrected chi connectivity index (χ4v) is 2.02. The minimum absolute atomic E-state index is 0.00472. The van der Waals surface area contributed by atoms with E-state index in [-0.39, 0.29) is 11.4 Å². The number of nitrogens with zero attached hydrogens (tertiary/aromatic N) is 4. The van der Waals surface area contributed by atoms with Gasteiger partial charge >= 0.3 is 12.5 Å². The molecule has 0 fully saturated rings. The van der Waals surface area contributed by atoms with Gasteiger partial charge in [0.15, 0.2) is 5.65 Å². The zero-order chi connectivity index (χ0) is 16.6. The van der Waals surface area contributed by atoms with Gasteiger partial charge in [0, 0.05) is 12.5 Å². The van der Waals surface area contributed by atoms with E-state index in [0.29, 0.717) is 18.2 Å². The van der Waals surface area contributed by atoms with Crippen molar-refractivity contribution < 1.29 is 22.3 Å². The molecule has 0 bridgehead atoms. The van der Waals surface area contributed by atoms with Crippen molar-refractivity contribution >= 4 is 5.65 Å². The number of hydrogen-bond acceptors (Lipinski definition) is 4. The summed E-state index contributed by atoms with van der Waals surface area (Å²) in [6, 6.07) is 8.75. The molecule has 0 spiro atoms. The van der Waals surface area contributed by atoms with Crippen molar-refractivity contribution in [2.45, 2.75) is 19.5 Å². The van der Waals surface area contributed by atoms with Gasteiger partial charge in [0.25, 0.3) is 0 Å². The Balaban J connectivity index is 2.00. The summed E-state index contributed by atoms with van der Waals surface area (Å²) in [5, 5.41) is 11.2. The third kappa shape index (κ3) is 3.08. The summed E-state index contributed by atoms with van der Waals surface area (Å²) in [5.74, 6) is -3.78. The van der Waals surface area contributed by atoms with Crippen molar-refractivity contribution in [3.63, 3.8) is 0 Å². The lowest BCUT2D eigenvalue weighted by molar-refractivity contribution is -0.0498. The molecule has 1 aromatic carbocycles. The minimum atomic E-state index is -3.19. The second-order valence-electron chi connectivity index (χ2n) is 4.80. The SMILES string of the molecule is CC(F)(F)c1nnc2ccc(-c3ccc(OC(F)F)cc3)nn12. The molecule has 2 heterocycles. The molecule has 9 heteroatoms. The van der Waals surface area contributed by atoms with Gasteiger partial charge in [-0.15, -0.1) is 10.2 Å². The zero-order valence-electron chi connectivity index (χ0n) is 11.8. The number of alkyl halides is 4.